The first-order valence-electron chi connectivity index (χ1n) is 7.86. The van der Waals surface area contributed by atoms with E-state index in [2.05, 4.69) is 10.3 Å². The van der Waals surface area contributed by atoms with Gasteiger partial charge in [0.05, 0.1) is 31.6 Å². The lowest BCUT2D eigenvalue weighted by atomic mass is 10.1. The standard InChI is InChI=1S/C19H20N2O4/c1-3-25-19(23)12-10-16-15(9-11-18(21-16)24-2)20-13-17(22)14-7-5-4-6-8-14/h4-12,20H,3,13H2,1-2H3/b12-10+. The summed E-state index contributed by atoms with van der Waals surface area (Å²) in [5.41, 5.74) is 1.72. The van der Waals surface area contributed by atoms with Crippen LogP contribution in [0.4, 0.5) is 5.69 Å². The number of methoxy groups -OCH3 is 1. The average molecular weight is 340 g/mol. The maximum atomic E-state index is 12.2. The summed E-state index contributed by atoms with van der Waals surface area (Å²) in [6, 6.07) is 12.4. The zero-order valence-corrected chi connectivity index (χ0v) is 14.2. The van der Waals surface area contributed by atoms with Gasteiger partial charge in [0.2, 0.25) is 5.88 Å². The molecule has 0 atom stereocenters. The van der Waals surface area contributed by atoms with E-state index >= 15 is 0 Å². The Kier molecular flexibility index (Phi) is 6.71. The minimum absolute atomic E-state index is 0.0447. The van der Waals surface area contributed by atoms with Crippen LogP contribution < -0.4 is 10.1 Å². The molecule has 1 aromatic carbocycles. The normalized spacial score (nSPS) is 10.5. The van der Waals surface area contributed by atoms with Crippen LogP contribution in [0.2, 0.25) is 0 Å². The molecule has 0 spiro atoms. The molecule has 6 heteroatoms. The summed E-state index contributed by atoms with van der Waals surface area (Å²) in [6.45, 7) is 2.14. The maximum Gasteiger partial charge on any atom is 0.330 e. The highest BCUT2D eigenvalue weighted by molar-refractivity contribution is 5.99. The fourth-order valence-corrected chi connectivity index (χ4v) is 2.09. The number of rotatable bonds is 8. The number of nitrogens with zero attached hydrogens (tertiary/aromatic N) is 1. The molecule has 2 aromatic rings. The van der Waals surface area contributed by atoms with E-state index in [1.807, 2.05) is 18.2 Å². The molecular formula is C19H20N2O4. The van der Waals surface area contributed by atoms with Crippen LogP contribution in [0.5, 0.6) is 5.88 Å². The van der Waals surface area contributed by atoms with Crippen molar-refractivity contribution in [1.29, 1.82) is 0 Å². The molecule has 0 radical (unpaired) electrons. The predicted octanol–water partition coefficient (Wildman–Crippen LogP) is 2.96. The predicted molar refractivity (Wildman–Crippen MR) is 95.7 cm³/mol. The molecule has 1 N–H and O–H groups in total. The molecule has 0 amide bonds. The molecule has 0 fully saturated rings. The summed E-state index contributed by atoms with van der Waals surface area (Å²) in [4.78, 5) is 28.0. The number of pyridine rings is 1. The molecule has 0 saturated carbocycles. The Balaban J connectivity index is 2.13. The van der Waals surface area contributed by atoms with E-state index in [0.29, 0.717) is 29.4 Å². The molecule has 6 nitrogen and oxygen atoms in total. The van der Waals surface area contributed by atoms with Gasteiger partial charge >= 0.3 is 5.97 Å². The van der Waals surface area contributed by atoms with Crippen molar-refractivity contribution < 1.29 is 19.1 Å². The van der Waals surface area contributed by atoms with Gasteiger partial charge in [0.1, 0.15) is 0 Å². The lowest BCUT2D eigenvalue weighted by Gasteiger charge is -2.10. The summed E-state index contributed by atoms with van der Waals surface area (Å²) in [5, 5.41) is 3.05. The Morgan fingerprint density at radius 2 is 1.92 bits per heavy atom. The Bertz CT molecular complexity index is 757. The molecule has 0 aliphatic rings. The van der Waals surface area contributed by atoms with Crippen LogP contribution in [-0.2, 0) is 9.53 Å². The van der Waals surface area contributed by atoms with Gasteiger partial charge in [-0.2, -0.15) is 0 Å². The quantitative estimate of drug-likeness (QED) is 0.452. The number of esters is 1. The van der Waals surface area contributed by atoms with Gasteiger partial charge < -0.3 is 14.8 Å². The van der Waals surface area contributed by atoms with E-state index in [0.717, 1.165) is 0 Å². The number of hydrogen-bond donors (Lipinski definition) is 1. The molecule has 0 unspecified atom stereocenters. The first-order chi connectivity index (χ1) is 12.1. The fraction of sp³-hybridized carbons (Fsp3) is 0.211. The minimum atomic E-state index is -0.460. The third kappa shape index (κ3) is 5.46. The van der Waals surface area contributed by atoms with E-state index in [1.165, 1.54) is 19.3 Å². The maximum absolute atomic E-state index is 12.2. The molecular weight excluding hydrogens is 320 g/mol. The second-order valence-electron chi connectivity index (χ2n) is 5.01. The number of benzene rings is 1. The third-order valence-corrected chi connectivity index (χ3v) is 3.31. The number of carbonyl (C=O) groups excluding carboxylic acids is 2. The molecule has 0 saturated heterocycles. The van der Waals surface area contributed by atoms with Crippen LogP contribution in [-0.4, -0.2) is 37.0 Å². The van der Waals surface area contributed by atoms with Crippen LogP contribution in [0.15, 0.2) is 48.5 Å². The largest absolute Gasteiger partial charge is 0.481 e. The van der Waals surface area contributed by atoms with Crippen molar-refractivity contribution in [2.24, 2.45) is 0 Å². The SMILES string of the molecule is CCOC(=O)/C=C/c1nc(OC)ccc1NCC(=O)c1ccccc1. The second-order valence-corrected chi connectivity index (χ2v) is 5.01. The Morgan fingerprint density at radius 3 is 2.60 bits per heavy atom. The summed E-state index contributed by atoms with van der Waals surface area (Å²) in [5.74, 6) is -0.0985. The van der Waals surface area contributed by atoms with E-state index in [4.69, 9.17) is 9.47 Å². The molecule has 0 bridgehead atoms. The van der Waals surface area contributed by atoms with Gasteiger partial charge in [-0.1, -0.05) is 30.3 Å². The van der Waals surface area contributed by atoms with Gasteiger partial charge in [-0.3, -0.25) is 4.79 Å². The van der Waals surface area contributed by atoms with Gasteiger partial charge in [-0.05, 0) is 19.1 Å². The molecule has 1 aromatic heterocycles. The molecule has 0 aliphatic heterocycles. The molecule has 1 heterocycles. The number of carbonyl (C=O) groups is 2. The number of Topliss-reactive ketones (excluding diaryl/α,β-unsaturated/α-hetero) is 1. The van der Waals surface area contributed by atoms with E-state index < -0.39 is 5.97 Å². The van der Waals surface area contributed by atoms with Crippen molar-refractivity contribution in [2.75, 3.05) is 25.6 Å². The molecule has 0 aliphatic carbocycles. The highest BCUT2D eigenvalue weighted by atomic mass is 16.5. The fourth-order valence-electron chi connectivity index (χ4n) is 2.09. The van der Waals surface area contributed by atoms with E-state index in [-0.39, 0.29) is 12.3 Å². The molecule has 130 valence electrons. The number of ether oxygens (including phenoxy) is 2. The zero-order valence-electron chi connectivity index (χ0n) is 14.2. The van der Waals surface area contributed by atoms with Crippen LogP contribution in [0.1, 0.15) is 23.0 Å². The zero-order chi connectivity index (χ0) is 18.1. The van der Waals surface area contributed by atoms with Gasteiger partial charge in [-0.25, -0.2) is 9.78 Å². The summed E-state index contributed by atoms with van der Waals surface area (Å²) < 4.78 is 9.96. The first kappa shape index (κ1) is 18.2. The van der Waals surface area contributed by atoms with Gasteiger partial charge in [0, 0.05) is 17.7 Å². The van der Waals surface area contributed by atoms with Crippen molar-refractivity contribution >= 4 is 23.5 Å². The molecule has 25 heavy (non-hydrogen) atoms. The highest BCUT2D eigenvalue weighted by Crippen LogP contribution is 2.19. The molecule has 2 rings (SSSR count). The summed E-state index contributed by atoms with van der Waals surface area (Å²) in [6.07, 6.45) is 2.81. The first-order valence-corrected chi connectivity index (χ1v) is 7.86. The number of nitrogens with one attached hydrogen (secondary N) is 1. The highest BCUT2D eigenvalue weighted by Gasteiger charge is 2.08. The van der Waals surface area contributed by atoms with Crippen LogP contribution in [0.3, 0.4) is 0 Å². The Hall–Kier alpha value is -3.15. The number of ketones is 1. The number of anilines is 1. The Labute approximate surface area is 146 Å². The number of aromatic nitrogens is 1. The summed E-state index contributed by atoms with van der Waals surface area (Å²) >= 11 is 0. The van der Waals surface area contributed by atoms with Crippen LogP contribution >= 0.6 is 0 Å². The van der Waals surface area contributed by atoms with Crippen molar-refractivity contribution in [3.8, 4) is 5.88 Å². The lowest BCUT2D eigenvalue weighted by molar-refractivity contribution is -0.137. The van der Waals surface area contributed by atoms with Crippen LogP contribution in [0, 0.1) is 0 Å². The average Bonchev–Trinajstić information content (AvgIpc) is 2.65. The minimum Gasteiger partial charge on any atom is -0.481 e. The number of hydrogen-bond acceptors (Lipinski definition) is 6. The van der Waals surface area contributed by atoms with Crippen molar-refractivity contribution in [2.45, 2.75) is 6.92 Å². The van der Waals surface area contributed by atoms with Crippen molar-refractivity contribution in [3.63, 3.8) is 0 Å². The lowest BCUT2D eigenvalue weighted by Crippen LogP contribution is -2.15. The van der Waals surface area contributed by atoms with Gasteiger partial charge in [-0.15, -0.1) is 0 Å². The van der Waals surface area contributed by atoms with Gasteiger partial charge in [0.25, 0.3) is 0 Å². The van der Waals surface area contributed by atoms with Crippen molar-refractivity contribution in [3.05, 3.63) is 59.8 Å². The third-order valence-electron chi connectivity index (χ3n) is 3.31. The Morgan fingerprint density at radius 1 is 1.16 bits per heavy atom. The topological polar surface area (TPSA) is 77.5 Å². The van der Waals surface area contributed by atoms with Crippen molar-refractivity contribution in [1.82, 2.24) is 4.98 Å². The summed E-state index contributed by atoms with van der Waals surface area (Å²) in [7, 11) is 1.51. The van der Waals surface area contributed by atoms with Crippen LogP contribution in [0.25, 0.3) is 6.08 Å². The van der Waals surface area contributed by atoms with E-state index in [1.54, 1.807) is 31.2 Å². The second kappa shape index (κ2) is 9.22. The monoisotopic (exact) mass is 340 g/mol. The smallest absolute Gasteiger partial charge is 0.330 e. The van der Waals surface area contributed by atoms with Gasteiger partial charge in [0.15, 0.2) is 5.78 Å². The van der Waals surface area contributed by atoms with E-state index in [9.17, 15) is 9.59 Å².